The summed E-state index contributed by atoms with van der Waals surface area (Å²) in [6.45, 7) is 6.25. The van der Waals surface area contributed by atoms with Gasteiger partial charge in [0.1, 0.15) is 11.4 Å². The fourth-order valence-electron chi connectivity index (χ4n) is 1.63. The van der Waals surface area contributed by atoms with Gasteiger partial charge in [-0.1, -0.05) is 6.07 Å². The van der Waals surface area contributed by atoms with E-state index in [9.17, 15) is 9.59 Å². The van der Waals surface area contributed by atoms with Crippen LogP contribution in [0.25, 0.3) is 0 Å². The SMILES string of the molecule is CC(C)(C)OC(=O)NCCNC(=O)CCOc1cccc(N)c1. The lowest BCUT2D eigenvalue weighted by atomic mass is 10.2. The highest BCUT2D eigenvalue weighted by atomic mass is 16.6. The maximum atomic E-state index is 11.6. The molecule has 0 heterocycles. The molecule has 0 atom stereocenters. The minimum Gasteiger partial charge on any atom is -0.493 e. The first kappa shape index (κ1) is 18.6. The van der Waals surface area contributed by atoms with E-state index < -0.39 is 11.7 Å². The van der Waals surface area contributed by atoms with Crippen molar-refractivity contribution in [3.05, 3.63) is 24.3 Å². The fraction of sp³-hybridized carbons (Fsp3) is 0.500. The summed E-state index contributed by atoms with van der Waals surface area (Å²) in [6, 6.07) is 7.02. The Hall–Kier alpha value is -2.44. The van der Waals surface area contributed by atoms with Crippen molar-refractivity contribution in [2.24, 2.45) is 0 Å². The molecular weight excluding hydrogens is 298 g/mol. The van der Waals surface area contributed by atoms with Crippen LogP contribution >= 0.6 is 0 Å². The van der Waals surface area contributed by atoms with E-state index in [1.807, 2.05) is 0 Å². The van der Waals surface area contributed by atoms with Crippen LogP contribution in [0.2, 0.25) is 0 Å². The number of alkyl carbamates (subject to hydrolysis) is 1. The van der Waals surface area contributed by atoms with E-state index in [0.717, 1.165) is 0 Å². The summed E-state index contributed by atoms with van der Waals surface area (Å²) in [4.78, 5) is 23.0. The van der Waals surface area contributed by atoms with Crippen molar-refractivity contribution in [2.75, 3.05) is 25.4 Å². The van der Waals surface area contributed by atoms with E-state index in [0.29, 0.717) is 24.5 Å². The highest BCUT2D eigenvalue weighted by molar-refractivity contribution is 5.76. The Balaban J connectivity index is 2.10. The predicted octanol–water partition coefficient (Wildman–Crippen LogP) is 1.68. The zero-order valence-corrected chi connectivity index (χ0v) is 13.8. The second-order valence-electron chi connectivity index (χ2n) is 5.95. The molecule has 0 aliphatic heterocycles. The average Bonchev–Trinajstić information content (AvgIpc) is 2.42. The lowest BCUT2D eigenvalue weighted by Gasteiger charge is -2.19. The number of carbonyl (C=O) groups excluding carboxylic acids is 2. The molecule has 0 radical (unpaired) electrons. The van der Waals surface area contributed by atoms with Crippen LogP contribution in [0.3, 0.4) is 0 Å². The number of carbonyl (C=O) groups is 2. The van der Waals surface area contributed by atoms with E-state index in [1.54, 1.807) is 45.0 Å². The number of hydrogen-bond donors (Lipinski definition) is 3. The molecule has 1 rings (SSSR count). The van der Waals surface area contributed by atoms with Crippen LogP contribution in [-0.4, -0.2) is 37.3 Å². The van der Waals surface area contributed by atoms with Gasteiger partial charge in [0.2, 0.25) is 5.91 Å². The second kappa shape index (κ2) is 8.87. The minimum absolute atomic E-state index is 0.153. The van der Waals surface area contributed by atoms with Gasteiger partial charge < -0.3 is 25.8 Å². The van der Waals surface area contributed by atoms with Gasteiger partial charge in [-0.2, -0.15) is 0 Å². The molecule has 0 fully saturated rings. The van der Waals surface area contributed by atoms with Gasteiger partial charge in [-0.15, -0.1) is 0 Å². The molecule has 2 amide bonds. The summed E-state index contributed by atoms with van der Waals surface area (Å²) in [5, 5.41) is 5.25. The van der Waals surface area contributed by atoms with Crippen LogP contribution in [0.1, 0.15) is 27.2 Å². The third kappa shape index (κ3) is 9.23. The van der Waals surface area contributed by atoms with Gasteiger partial charge in [-0.25, -0.2) is 4.79 Å². The lowest BCUT2D eigenvalue weighted by Crippen LogP contribution is -2.38. The summed E-state index contributed by atoms with van der Waals surface area (Å²) < 4.78 is 10.5. The van der Waals surface area contributed by atoms with Gasteiger partial charge in [0.25, 0.3) is 0 Å². The summed E-state index contributed by atoms with van der Waals surface area (Å²) in [5.41, 5.74) is 5.70. The highest BCUT2D eigenvalue weighted by Crippen LogP contribution is 2.14. The highest BCUT2D eigenvalue weighted by Gasteiger charge is 2.15. The molecule has 1 aromatic rings. The van der Waals surface area contributed by atoms with Gasteiger partial charge in [0, 0.05) is 24.8 Å². The molecule has 0 saturated carbocycles. The number of benzene rings is 1. The molecule has 0 unspecified atom stereocenters. The summed E-state index contributed by atoms with van der Waals surface area (Å²) >= 11 is 0. The van der Waals surface area contributed by atoms with E-state index in [-0.39, 0.29) is 18.9 Å². The van der Waals surface area contributed by atoms with Crippen molar-refractivity contribution in [1.29, 1.82) is 0 Å². The van der Waals surface area contributed by atoms with Crippen LogP contribution in [-0.2, 0) is 9.53 Å². The number of ether oxygens (including phenoxy) is 2. The third-order valence-corrected chi connectivity index (χ3v) is 2.57. The molecule has 1 aromatic carbocycles. The number of nitrogens with two attached hydrogens (primary N) is 1. The Morgan fingerprint density at radius 1 is 1.17 bits per heavy atom. The van der Waals surface area contributed by atoms with Gasteiger partial charge in [-0.05, 0) is 32.9 Å². The zero-order valence-electron chi connectivity index (χ0n) is 13.8. The van der Waals surface area contributed by atoms with E-state index in [4.69, 9.17) is 15.2 Å². The maximum Gasteiger partial charge on any atom is 0.407 e. The third-order valence-electron chi connectivity index (χ3n) is 2.57. The first-order chi connectivity index (χ1) is 10.8. The van der Waals surface area contributed by atoms with Crippen molar-refractivity contribution in [2.45, 2.75) is 32.8 Å². The summed E-state index contributed by atoms with van der Waals surface area (Å²) in [6.07, 6.45) is -0.280. The second-order valence-corrected chi connectivity index (χ2v) is 5.95. The number of hydrogen-bond acceptors (Lipinski definition) is 5. The fourth-order valence-corrected chi connectivity index (χ4v) is 1.63. The molecule has 0 aliphatic rings. The van der Waals surface area contributed by atoms with Crippen molar-refractivity contribution < 1.29 is 19.1 Å². The van der Waals surface area contributed by atoms with Crippen molar-refractivity contribution in [3.63, 3.8) is 0 Å². The Labute approximate surface area is 136 Å². The molecule has 4 N–H and O–H groups in total. The van der Waals surface area contributed by atoms with Crippen LogP contribution < -0.4 is 21.1 Å². The quantitative estimate of drug-likeness (QED) is 0.523. The zero-order chi connectivity index (χ0) is 17.3. The Morgan fingerprint density at radius 2 is 1.87 bits per heavy atom. The Kier molecular flexibility index (Phi) is 7.18. The molecule has 0 saturated heterocycles. The number of anilines is 1. The number of amides is 2. The normalized spacial score (nSPS) is 10.7. The first-order valence-corrected chi connectivity index (χ1v) is 7.48. The number of rotatable bonds is 7. The van der Waals surface area contributed by atoms with Gasteiger partial charge in [0.05, 0.1) is 13.0 Å². The largest absolute Gasteiger partial charge is 0.493 e. The predicted molar refractivity (Wildman–Crippen MR) is 88.2 cm³/mol. The van der Waals surface area contributed by atoms with E-state index >= 15 is 0 Å². The Bertz CT molecular complexity index is 526. The molecule has 23 heavy (non-hydrogen) atoms. The molecular formula is C16H25N3O4. The summed E-state index contributed by atoms with van der Waals surface area (Å²) in [7, 11) is 0. The van der Waals surface area contributed by atoms with Gasteiger partial charge >= 0.3 is 6.09 Å². The van der Waals surface area contributed by atoms with Crippen molar-refractivity contribution in [3.8, 4) is 5.75 Å². The molecule has 0 spiro atoms. The molecule has 0 aliphatic carbocycles. The molecule has 0 aromatic heterocycles. The summed E-state index contributed by atoms with van der Waals surface area (Å²) in [5.74, 6) is 0.476. The lowest BCUT2D eigenvalue weighted by molar-refractivity contribution is -0.121. The van der Waals surface area contributed by atoms with Crippen molar-refractivity contribution >= 4 is 17.7 Å². The van der Waals surface area contributed by atoms with Crippen LogP contribution in [0.5, 0.6) is 5.75 Å². The van der Waals surface area contributed by atoms with E-state index in [1.165, 1.54) is 0 Å². The smallest absolute Gasteiger partial charge is 0.407 e. The molecule has 7 heteroatoms. The standard InChI is InChI=1S/C16H25N3O4/c1-16(2,3)23-15(21)19-9-8-18-14(20)7-10-22-13-6-4-5-12(17)11-13/h4-6,11H,7-10,17H2,1-3H3,(H,18,20)(H,19,21). The number of nitrogen functional groups attached to an aromatic ring is 1. The van der Waals surface area contributed by atoms with E-state index in [2.05, 4.69) is 10.6 Å². The average molecular weight is 323 g/mol. The molecule has 7 nitrogen and oxygen atoms in total. The topological polar surface area (TPSA) is 103 Å². The van der Waals surface area contributed by atoms with Crippen LogP contribution in [0, 0.1) is 0 Å². The maximum absolute atomic E-state index is 11.6. The van der Waals surface area contributed by atoms with Crippen LogP contribution in [0.4, 0.5) is 10.5 Å². The monoisotopic (exact) mass is 323 g/mol. The Morgan fingerprint density at radius 3 is 2.52 bits per heavy atom. The van der Waals surface area contributed by atoms with Crippen molar-refractivity contribution in [1.82, 2.24) is 10.6 Å². The van der Waals surface area contributed by atoms with Gasteiger partial charge in [-0.3, -0.25) is 4.79 Å². The first-order valence-electron chi connectivity index (χ1n) is 7.48. The van der Waals surface area contributed by atoms with Crippen LogP contribution in [0.15, 0.2) is 24.3 Å². The van der Waals surface area contributed by atoms with Gasteiger partial charge in [0.15, 0.2) is 0 Å². The number of nitrogens with one attached hydrogen (secondary N) is 2. The molecule has 0 bridgehead atoms. The molecule has 128 valence electrons. The minimum atomic E-state index is -0.536.